The van der Waals surface area contributed by atoms with E-state index in [0.29, 0.717) is 28.7 Å². The molecule has 6 nitrogen and oxygen atoms in total. The van der Waals surface area contributed by atoms with E-state index in [0.717, 1.165) is 39.0 Å². The van der Waals surface area contributed by atoms with Gasteiger partial charge in [0.05, 0.1) is 10.0 Å². The van der Waals surface area contributed by atoms with Gasteiger partial charge in [0.15, 0.2) is 0 Å². The Morgan fingerprint density at radius 3 is 2.32 bits per heavy atom. The number of likely N-dealkylation sites (tertiary alicyclic amines) is 1. The number of benzene rings is 1. The molecule has 4 N–H and O–H groups in total. The minimum Gasteiger partial charge on any atom is -0.508 e. The Bertz CT molecular complexity index is 629. The molecule has 3 rings (SSSR count). The van der Waals surface area contributed by atoms with Crippen LogP contribution >= 0.6 is 23.2 Å². The van der Waals surface area contributed by atoms with E-state index in [4.69, 9.17) is 28.9 Å². The van der Waals surface area contributed by atoms with Gasteiger partial charge in [-0.3, -0.25) is 0 Å². The summed E-state index contributed by atoms with van der Waals surface area (Å²) in [5.74, 6) is 0.261. The number of amides is 2. The van der Waals surface area contributed by atoms with E-state index in [1.807, 2.05) is 9.80 Å². The first-order chi connectivity index (χ1) is 12.0. The normalized spacial score (nSPS) is 20.6. The van der Waals surface area contributed by atoms with Gasteiger partial charge in [-0.2, -0.15) is 0 Å². The molecule has 2 aliphatic rings. The summed E-state index contributed by atoms with van der Waals surface area (Å²) in [7, 11) is 0. The van der Waals surface area contributed by atoms with Crippen molar-refractivity contribution < 1.29 is 9.90 Å². The molecule has 0 aliphatic carbocycles. The number of aromatic hydroxyl groups is 1. The van der Waals surface area contributed by atoms with Crippen LogP contribution in [-0.4, -0.2) is 60.2 Å². The van der Waals surface area contributed by atoms with Gasteiger partial charge in [-0.05, 0) is 24.8 Å². The number of urea groups is 1. The Balaban J connectivity index is 1.60. The summed E-state index contributed by atoms with van der Waals surface area (Å²) in [6.45, 7) is 4.59. The predicted octanol–water partition coefficient (Wildman–Crippen LogP) is 2.44. The van der Waals surface area contributed by atoms with Crippen LogP contribution in [0, 0.1) is 5.92 Å². The summed E-state index contributed by atoms with van der Waals surface area (Å²) < 4.78 is 0. The van der Waals surface area contributed by atoms with Gasteiger partial charge >= 0.3 is 6.03 Å². The molecule has 25 heavy (non-hydrogen) atoms. The number of phenols is 1. The summed E-state index contributed by atoms with van der Waals surface area (Å²) in [5.41, 5.74) is 6.98. The molecule has 1 aromatic rings. The fraction of sp³-hybridized carbons (Fsp3) is 0.588. The summed E-state index contributed by atoms with van der Waals surface area (Å²) in [4.78, 5) is 16.4. The van der Waals surface area contributed by atoms with Gasteiger partial charge < -0.3 is 26.0 Å². The highest BCUT2D eigenvalue weighted by Gasteiger charge is 2.31. The Morgan fingerprint density at radius 1 is 1.12 bits per heavy atom. The van der Waals surface area contributed by atoms with Crippen LogP contribution in [0.15, 0.2) is 12.1 Å². The number of piperazine rings is 1. The zero-order chi connectivity index (χ0) is 18.0. The van der Waals surface area contributed by atoms with Crippen molar-refractivity contribution in [1.82, 2.24) is 15.1 Å². The Morgan fingerprint density at radius 2 is 1.68 bits per heavy atom. The van der Waals surface area contributed by atoms with E-state index in [1.165, 1.54) is 6.07 Å². The molecular formula is C17H24Cl2N4O2. The molecule has 138 valence electrons. The van der Waals surface area contributed by atoms with Crippen molar-refractivity contribution in [3.8, 4) is 5.75 Å². The minimum absolute atomic E-state index is 0.0706. The predicted molar refractivity (Wildman–Crippen MR) is 99.2 cm³/mol. The molecule has 0 saturated carbocycles. The average molecular weight is 387 g/mol. The van der Waals surface area contributed by atoms with Gasteiger partial charge in [-0.25, -0.2) is 4.79 Å². The van der Waals surface area contributed by atoms with Gasteiger partial charge in [0.25, 0.3) is 0 Å². The molecule has 0 radical (unpaired) electrons. The number of carbonyl (C=O) groups is 1. The van der Waals surface area contributed by atoms with Crippen LogP contribution in [-0.2, 0) is 0 Å². The van der Waals surface area contributed by atoms with Crippen LogP contribution in [0.25, 0.3) is 0 Å². The van der Waals surface area contributed by atoms with E-state index in [2.05, 4.69) is 5.32 Å². The molecular weight excluding hydrogens is 363 g/mol. The lowest BCUT2D eigenvalue weighted by Crippen LogP contribution is -2.53. The molecule has 2 amide bonds. The van der Waals surface area contributed by atoms with Crippen LogP contribution in [0.2, 0.25) is 10.0 Å². The van der Waals surface area contributed by atoms with Crippen LogP contribution in [0.1, 0.15) is 24.4 Å². The van der Waals surface area contributed by atoms with E-state index in [1.54, 1.807) is 6.07 Å². The third-order valence-corrected chi connectivity index (χ3v) is 5.86. The van der Waals surface area contributed by atoms with Crippen molar-refractivity contribution in [2.75, 3.05) is 39.3 Å². The Labute approximate surface area is 157 Å². The Hall–Kier alpha value is -1.21. The number of nitrogens with one attached hydrogen (secondary N) is 1. The third kappa shape index (κ3) is 4.14. The monoisotopic (exact) mass is 386 g/mol. The van der Waals surface area contributed by atoms with Crippen LogP contribution in [0.4, 0.5) is 4.79 Å². The van der Waals surface area contributed by atoms with Crippen LogP contribution in [0.3, 0.4) is 0 Å². The standard InChI is InChI=1S/C17H24Cl2N4O2/c18-13-9-12(15(24)10-14(13)19)16(20)11-1-5-22(6-2-11)17(25)23-7-3-21-4-8-23/h9-11,16,21,24H,1-8,20H2. The first-order valence-electron chi connectivity index (χ1n) is 8.65. The zero-order valence-electron chi connectivity index (χ0n) is 14.0. The van der Waals surface area contributed by atoms with Crippen molar-refractivity contribution in [2.24, 2.45) is 11.7 Å². The number of hydrogen-bond acceptors (Lipinski definition) is 4. The quantitative estimate of drug-likeness (QED) is 0.728. The maximum Gasteiger partial charge on any atom is 0.320 e. The lowest BCUT2D eigenvalue weighted by molar-refractivity contribution is 0.123. The molecule has 1 aromatic carbocycles. The molecule has 0 aromatic heterocycles. The molecule has 0 bridgehead atoms. The number of carbonyl (C=O) groups excluding carboxylic acids is 1. The van der Waals surface area contributed by atoms with Crippen LogP contribution < -0.4 is 11.1 Å². The smallest absolute Gasteiger partial charge is 0.320 e. The maximum absolute atomic E-state index is 12.6. The van der Waals surface area contributed by atoms with Crippen molar-refractivity contribution in [3.05, 3.63) is 27.7 Å². The van der Waals surface area contributed by atoms with Crippen molar-refractivity contribution >= 4 is 29.2 Å². The van der Waals surface area contributed by atoms with Crippen LogP contribution in [0.5, 0.6) is 5.75 Å². The lowest BCUT2D eigenvalue weighted by atomic mass is 9.85. The zero-order valence-corrected chi connectivity index (χ0v) is 15.6. The molecule has 2 saturated heterocycles. The fourth-order valence-electron chi connectivity index (χ4n) is 3.58. The number of nitrogens with zero attached hydrogens (tertiary/aromatic N) is 2. The number of nitrogens with two attached hydrogens (primary N) is 1. The topological polar surface area (TPSA) is 81.8 Å². The SMILES string of the molecule is NC(c1cc(Cl)c(Cl)cc1O)C1CCN(C(=O)N2CCNCC2)CC1. The highest BCUT2D eigenvalue weighted by atomic mass is 35.5. The van der Waals surface area contributed by atoms with Gasteiger partial charge in [0, 0.05) is 56.9 Å². The third-order valence-electron chi connectivity index (χ3n) is 5.13. The van der Waals surface area contributed by atoms with E-state index < -0.39 is 0 Å². The molecule has 8 heteroatoms. The molecule has 2 fully saturated rings. The maximum atomic E-state index is 12.6. The second kappa shape index (κ2) is 7.99. The summed E-state index contributed by atoms with van der Waals surface area (Å²) >= 11 is 12.0. The first-order valence-corrected chi connectivity index (χ1v) is 9.41. The number of hydrogen-bond donors (Lipinski definition) is 3. The summed E-state index contributed by atoms with van der Waals surface area (Å²) in [6.07, 6.45) is 1.61. The van der Waals surface area contributed by atoms with E-state index in [9.17, 15) is 9.90 Å². The second-order valence-corrected chi connectivity index (χ2v) is 7.51. The number of piperidine rings is 1. The molecule has 0 spiro atoms. The number of phenolic OH excluding ortho intramolecular Hbond substituents is 1. The van der Waals surface area contributed by atoms with Gasteiger partial charge in [-0.15, -0.1) is 0 Å². The summed E-state index contributed by atoms with van der Waals surface area (Å²) in [5, 5.41) is 14.1. The van der Waals surface area contributed by atoms with Gasteiger partial charge in [-0.1, -0.05) is 23.2 Å². The lowest BCUT2D eigenvalue weighted by Gasteiger charge is -2.38. The molecule has 2 heterocycles. The number of halogens is 2. The van der Waals surface area contributed by atoms with Gasteiger partial charge in [0.1, 0.15) is 5.75 Å². The van der Waals surface area contributed by atoms with Crippen molar-refractivity contribution in [2.45, 2.75) is 18.9 Å². The first kappa shape index (κ1) is 18.6. The fourth-order valence-corrected chi connectivity index (χ4v) is 3.91. The van der Waals surface area contributed by atoms with E-state index in [-0.39, 0.29) is 23.7 Å². The second-order valence-electron chi connectivity index (χ2n) is 6.70. The van der Waals surface area contributed by atoms with E-state index >= 15 is 0 Å². The largest absolute Gasteiger partial charge is 0.508 e. The van der Waals surface area contributed by atoms with Crippen molar-refractivity contribution in [1.29, 1.82) is 0 Å². The molecule has 1 unspecified atom stereocenters. The Kier molecular flexibility index (Phi) is 5.94. The number of rotatable bonds is 2. The van der Waals surface area contributed by atoms with Gasteiger partial charge in [0.2, 0.25) is 0 Å². The molecule has 1 atom stereocenters. The highest BCUT2D eigenvalue weighted by molar-refractivity contribution is 6.42. The minimum atomic E-state index is -0.328. The summed E-state index contributed by atoms with van der Waals surface area (Å²) in [6, 6.07) is 2.86. The highest BCUT2D eigenvalue weighted by Crippen LogP contribution is 2.37. The van der Waals surface area contributed by atoms with Crippen molar-refractivity contribution in [3.63, 3.8) is 0 Å². The molecule has 2 aliphatic heterocycles. The average Bonchev–Trinajstić information content (AvgIpc) is 2.64.